The standard InChI is InChI=1S/C21H16F3N3O/c22-21(23,24)19-9-6-15(13-27-19)12-17(20(25)28)11-14-4-7-16(8-5-14)18-3-1-2-10-26-18/h1-10,12-13H,11H2,(H2,25,28). The maximum Gasteiger partial charge on any atom is 0.433 e. The summed E-state index contributed by atoms with van der Waals surface area (Å²) >= 11 is 0. The molecule has 0 aliphatic rings. The summed E-state index contributed by atoms with van der Waals surface area (Å²) < 4.78 is 37.8. The Morgan fingerprint density at radius 3 is 2.29 bits per heavy atom. The zero-order valence-corrected chi connectivity index (χ0v) is 14.6. The molecule has 2 aromatic heterocycles. The highest BCUT2D eigenvalue weighted by Gasteiger charge is 2.31. The number of carbonyl (C=O) groups is 1. The highest BCUT2D eigenvalue weighted by atomic mass is 19.4. The lowest BCUT2D eigenvalue weighted by Gasteiger charge is -2.07. The summed E-state index contributed by atoms with van der Waals surface area (Å²) in [6, 6.07) is 15.2. The Balaban J connectivity index is 1.79. The maximum atomic E-state index is 12.6. The molecule has 3 aromatic rings. The van der Waals surface area contributed by atoms with Crippen LogP contribution in [0.3, 0.4) is 0 Å². The van der Waals surface area contributed by atoms with E-state index in [1.165, 1.54) is 12.1 Å². The van der Waals surface area contributed by atoms with Gasteiger partial charge in [0, 0.05) is 30.0 Å². The van der Waals surface area contributed by atoms with Crippen LogP contribution >= 0.6 is 0 Å². The van der Waals surface area contributed by atoms with Crippen molar-refractivity contribution in [3.8, 4) is 11.3 Å². The summed E-state index contributed by atoms with van der Waals surface area (Å²) in [6.45, 7) is 0. The number of alkyl halides is 3. The molecule has 1 aromatic carbocycles. The van der Waals surface area contributed by atoms with Gasteiger partial charge < -0.3 is 5.73 Å². The molecule has 0 aliphatic carbocycles. The number of amides is 1. The number of nitrogens with two attached hydrogens (primary N) is 1. The van der Waals surface area contributed by atoms with E-state index in [2.05, 4.69) is 9.97 Å². The molecule has 7 heteroatoms. The SMILES string of the molecule is NC(=O)C(=Cc1ccc(C(F)(F)F)nc1)Cc1ccc(-c2ccccn2)cc1. The van der Waals surface area contributed by atoms with Gasteiger partial charge in [-0.25, -0.2) is 0 Å². The molecule has 28 heavy (non-hydrogen) atoms. The Morgan fingerprint density at radius 2 is 1.75 bits per heavy atom. The van der Waals surface area contributed by atoms with Crippen LogP contribution in [0.1, 0.15) is 16.8 Å². The van der Waals surface area contributed by atoms with Gasteiger partial charge in [-0.15, -0.1) is 0 Å². The number of rotatable bonds is 5. The minimum absolute atomic E-state index is 0.249. The van der Waals surface area contributed by atoms with Crippen molar-refractivity contribution >= 4 is 12.0 Å². The quantitative estimate of drug-likeness (QED) is 0.669. The lowest BCUT2D eigenvalue weighted by Crippen LogP contribution is -2.15. The number of primary amides is 1. The van der Waals surface area contributed by atoms with Crippen molar-refractivity contribution in [2.24, 2.45) is 5.73 Å². The van der Waals surface area contributed by atoms with E-state index >= 15 is 0 Å². The van der Waals surface area contributed by atoms with Crippen molar-refractivity contribution in [2.75, 3.05) is 0 Å². The van der Waals surface area contributed by atoms with E-state index < -0.39 is 17.8 Å². The van der Waals surface area contributed by atoms with E-state index in [-0.39, 0.29) is 12.0 Å². The van der Waals surface area contributed by atoms with Crippen LogP contribution in [0.2, 0.25) is 0 Å². The highest BCUT2D eigenvalue weighted by molar-refractivity contribution is 5.97. The van der Waals surface area contributed by atoms with Crippen LogP contribution in [-0.4, -0.2) is 15.9 Å². The van der Waals surface area contributed by atoms with E-state index in [0.29, 0.717) is 5.56 Å². The fourth-order valence-electron chi connectivity index (χ4n) is 2.62. The smallest absolute Gasteiger partial charge is 0.366 e. The molecule has 0 saturated carbocycles. The zero-order valence-electron chi connectivity index (χ0n) is 14.6. The summed E-state index contributed by atoms with van der Waals surface area (Å²) in [7, 11) is 0. The third-order valence-corrected chi connectivity index (χ3v) is 4.04. The van der Waals surface area contributed by atoms with Gasteiger partial charge in [-0.3, -0.25) is 14.8 Å². The second-order valence-corrected chi connectivity index (χ2v) is 6.10. The Kier molecular flexibility index (Phi) is 5.54. The zero-order chi connectivity index (χ0) is 20.1. The van der Waals surface area contributed by atoms with Crippen LogP contribution in [0.25, 0.3) is 17.3 Å². The summed E-state index contributed by atoms with van der Waals surface area (Å²) in [4.78, 5) is 19.4. The van der Waals surface area contributed by atoms with Crippen LogP contribution in [0, 0.1) is 0 Å². The molecule has 0 unspecified atom stereocenters. The number of nitrogens with zero attached hydrogens (tertiary/aromatic N) is 2. The third-order valence-electron chi connectivity index (χ3n) is 4.04. The monoisotopic (exact) mass is 383 g/mol. The van der Waals surface area contributed by atoms with Gasteiger partial charge in [0.05, 0.1) is 5.69 Å². The normalized spacial score (nSPS) is 12.0. The van der Waals surface area contributed by atoms with Crippen molar-refractivity contribution in [3.63, 3.8) is 0 Å². The van der Waals surface area contributed by atoms with Gasteiger partial charge in [-0.1, -0.05) is 36.4 Å². The van der Waals surface area contributed by atoms with Crippen LogP contribution in [0.5, 0.6) is 0 Å². The van der Waals surface area contributed by atoms with Gasteiger partial charge in [-0.2, -0.15) is 13.2 Å². The Hall–Kier alpha value is -3.48. The third kappa shape index (κ3) is 4.82. The van der Waals surface area contributed by atoms with Gasteiger partial charge in [-0.05, 0) is 35.4 Å². The lowest BCUT2D eigenvalue weighted by atomic mass is 10.0. The van der Waals surface area contributed by atoms with E-state index in [1.807, 2.05) is 42.5 Å². The molecule has 2 heterocycles. The first-order chi connectivity index (χ1) is 13.3. The molecule has 0 fully saturated rings. The number of benzene rings is 1. The molecule has 4 nitrogen and oxygen atoms in total. The first-order valence-corrected chi connectivity index (χ1v) is 8.37. The topological polar surface area (TPSA) is 68.9 Å². The van der Waals surface area contributed by atoms with Crippen LogP contribution in [0.4, 0.5) is 13.2 Å². The fraction of sp³-hybridized carbons (Fsp3) is 0.0952. The van der Waals surface area contributed by atoms with E-state index in [1.54, 1.807) is 6.20 Å². The van der Waals surface area contributed by atoms with Gasteiger partial charge in [0.1, 0.15) is 5.69 Å². The van der Waals surface area contributed by atoms with Gasteiger partial charge in [0.25, 0.3) is 0 Å². The summed E-state index contributed by atoms with van der Waals surface area (Å²) in [6.07, 6.45) is -0.0453. The van der Waals surface area contributed by atoms with Gasteiger partial charge in [0.2, 0.25) is 5.91 Å². The molecule has 0 atom stereocenters. The lowest BCUT2D eigenvalue weighted by molar-refractivity contribution is -0.141. The number of aromatic nitrogens is 2. The minimum Gasteiger partial charge on any atom is -0.366 e. The first-order valence-electron chi connectivity index (χ1n) is 8.37. The molecule has 142 valence electrons. The number of carbonyl (C=O) groups excluding carboxylic acids is 1. The molecule has 2 N–H and O–H groups in total. The number of halogens is 3. The second-order valence-electron chi connectivity index (χ2n) is 6.10. The molecule has 0 saturated heterocycles. The van der Waals surface area contributed by atoms with Crippen LogP contribution in [0.15, 0.2) is 72.6 Å². The molecular formula is C21H16F3N3O. The molecule has 0 spiro atoms. The number of hydrogen-bond acceptors (Lipinski definition) is 3. The van der Waals surface area contributed by atoms with E-state index in [0.717, 1.165) is 29.1 Å². The van der Waals surface area contributed by atoms with Gasteiger partial charge in [0.15, 0.2) is 0 Å². The average molecular weight is 383 g/mol. The van der Waals surface area contributed by atoms with E-state index in [4.69, 9.17) is 5.73 Å². The second kappa shape index (κ2) is 8.04. The predicted molar refractivity (Wildman–Crippen MR) is 99.8 cm³/mol. The number of pyridine rings is 2. The summed E-state index contributed by atoms with van der Waals surface area (Å²) in [5.41, 5.74) is 7.68. The molecule has 0 aliphatic heterocycles. The molecule has 3 rings (SSSR count). The van der Waals surface area contributed by atoms with Crippen molar-refractivity contribution in [2.45, 2.75) is 12.6 Å². The molecule has 1 amide bonds. The number of hydrogen-bond donors (Lipinski definition) is 1. The van der Waals surface area contributed by atoms with Crippen LogP contribution in [-0.2, 0) is 17.4 Å². The summed E-state index contributed by atoms with van der Waals surface area (Å²) in [5.74, 6) is -0.645. The molecule has 0 radical (unpaired) electrons. The Labute approximate surface area is 159 Å². The van der Waals surface area contributed by atoms with Crippen molar-refractivity contribution in [1.29, 1.82) is 0 Å². The van der Waals surface area contributed by atoms with E-state index in [9.17, 15) is 18.0 Å². The van der Waals surface area contributed by atoms with Crippen LogP contribution < -0.4 is 5.73 Å². The fourth-order valence-corrected chi connectivity index (χ4v) is 2.62. The molecule has 0 bridgehead atoms. The van der Waals surface area contributed by atoms with Crippen molar-refractivity contribution < 1.29 is 18.0 Å². The van der Waals surface area contributed by atoms with Crippen molar-refractivity contribution in [1.82, 2.24) is 9.97 Å². The predicted octanol–water partition coefficient (Wildman–Crippen LogP) is 4.27. The molecular weight excluding hydrogens is 367 g/mol. The van der Waals surface area contributed by atoms with Gasteiger partial charge >= 0.3 is 6.18 Å². The Bertz CT molecular complexity index is 980. The Morgan fingerprint density at radius 1 is 1.00 bits per heavy atom. The minimum atomic E-state index is -4.51. The largest absolute Gasteiger partial charge is 0.433 e. The first kappa shape index (κ1) is 19.3. The average Bonchev–Trinajstić information content (AvgIpc) is 2.68. The van der Waals surface area contributed by atoms with Crippen molar-refractivity contribution in [3.05, 3.63) is 89.4 Å². The maximum absolute atomic E-state index is 12.6. The summed E-state index contributed by atoms with van der Waals surface area (Å²) in [5, 5.41) is 0. The highest BCUT2D eigenvalue weighted by Crippen LogP contribution is 2.27.